The summed E-state index contributed by atoms with van der Waals surface area (Å²) < 4.78 is 11.4. The van der Waals surface area contributed by atoms with Gasteiger partial charge >= 0.3 is 5.97 Å². The van der Waals surface area contributed by atoms with Gasteiger partial charge in [-0.1, -0.05) is 12.1 Å². The molecule has 0 saturated heterocycles. The van der Waals surface area contributed by atoms with E-state index in [9.17, 15) is 4.79 Å². The lowest BCUT2D eigenvalue weighted by Crippen LogP contribution is -2.51. The van der Waals surface area contributed by atoms with Gasteiger partial charge in [0.25, 0.3) is 0 Å². The van der Waals surface area contributed by atoms with Crippen LogP contribution in [0.25, 0.3) is 10.9 Å². The van der Waals surface area contributed by atoms with Crippen molar-refractivity contribution < 1.29 is 14.3 Å². The van der Waals surface area contributed by atoms with Crippen LogP contribution in [0.5, 0.6) is 5.75 Å². The van der Waals surface area contributed by atoms with Gasteiger partial charge in [0, 0.05) is 11.5 Å². The van der Waals surface area contributed by atoms with E-state index in [4.69, 9.17) is 9.47 Å². The molecule has 0 unspecified atom stereocenters. The van der Waals surface area contributed by atoms with Crippen LogP contribution in [0.15, 0.2) is 35.4 Å². The second-order valence-corrected chi connectivity index (χ2v) is 6.18. The molecule has 1 heterocycles. The molecule has 0 spiro atoms. The zero-order valence-corrected chi connectivity index (χ0v) is 13.6. The number of fused-ring (bicyclic) bond motifs is 1. The van der Waals surface area contributed by atoms with Crippen molar-refractivity contribution in [1.29, 1.82) is 0 Å². The average Bonchev–Trinajstić information content (AvgIpc) is 2.50. The van der Waals surface area contributed by atoms with Crippen molar-refractivity contribution in [2.24, 2.45) is 0 Å². The minimum atomic E-state index is -0.824. The molecule has 1 aromatic heterocycles. The first kappa shape index (κ1) is 15.2. The van der Waals surface area contributed by atoms with E-state index in [1.807, 2.05) is 43.5 Å². The van der Waals surface area contributed by atoms with E-state index < -0.39 is 5.60 Å². The lowest BCUT2D eigenvalue weighted by atomic mass is 9.80. The molecule has 1 fully saturated rings. The molecule has 0 atom stereocenters. The van der Waals surface area contributed by atoms with Gasteiger partial charge in [0.2, 0.25) is 5.60 Å². The summed E-state index contributed by atoms with van der Waals surface area (Å²) in [6.45, 7) is 2.19. The summed E-state index contributed by atoms with van der Waals surface area (Å²) in [6.07, 6.45) is 4.37. The Hall–Kier alpha value is -1.75. The molecule has 0 radical (unpaired) electrons. The smallest absolute Gasteiger partial charge is 0.350 e. The number of rotatable bonds is 5. The molecule has 2 aromatic rings. The molecule has 22 heavy (non-hydrogen) atoms. The lowest BCUT2D eigenvalue weighted by molar-refractivity contribution is -0.169. The third-order valence-corrected chi connectivity index (χ3v) is 4.61. The predicted molar refractivity (Wildman–Crippen MR) is 87.4 cm³/mol. The van der Waals surface area contributed by atoms with Crippen molar-refractivity contribution in [1.82, 2.24) is 4.98 Å². The van der Waals surface area contributed by atoms with Crippen LogP contribution in [-0.2, 0) is 9.53 Å². The topological polar surface area (TPSA) is 48.4 Å². The second kappa shape index (κ2) is 6.16. The summed E-state index contributed by atoms with van der Waals surface area (Å²) in [5.74, 6) is 0.454. The SMILES string of the molecule is CCOC(=O)C1(Oc2cc(SC)nc3ccccc23)CCC1. The average molecular weight is 317 g/mol. The summed E-state index contributed by atoms with van der Waals surface area (Å²) in [7, 11) is 0. The fraction of sp³-hybridized carbons (Fsp3) is 0.412. The summed E-state index contributed by atoms with van der Waals surface area (Å²) in [4.78, 5) is 16.9. The van der Waals surface area contributed by atoms with Crippen LogP contribution in [0.4, 0.5) is 0 Å². The highest BCUT2D eigenvalue weighted by molar-refractivity contribution is 7.98. The summed E-state index contributed by atoms with van der Waals surface area (Å²) >= 11 is 1.56. The molecule has 0 N–H and O–H groups in total. The number of benzene rings is 1. The monoisotopic (exact) mass is 317 g/mol. The van der Waals surface area contributed by atoms with E-state index in [0.29, 0.717) is 25.2 Å². The number of esters is 1. The van der Waals surface area contributed by atoms with Crippen LogP contribution in [-0.4, -0.2) is 29.4 Å². The van der Waals surface area contributed by atoms with E-state index in [2.05, 4.69) is 4.98 Å². The van der Waals surface area contributed by atoms with Gasteiger partial charge in [0.05, 0.1) is 12.1 Å². The summed E-state index contributed by atoms with van der Waals surface area (Å²) in [5, 5.41) is 1.81. The molecule has 5 heteroatoms. The van der Waals surface area contributed by atoms with Crippen LogP contribution in [0.1, 0.15) is 26.2 Å². The van der Waals surface area contributed by atoms with E-state index >= 15 is 0 Å². The van der Waals surface area contributed by atoms with E-state index in [1.54, 1.807) is 11.8 Å². The molecule has 116 valence electrons. The summed E-state index contributed by atoms with van der Waals surface area (Å²) in [6, 6.07) is 9.74. The number of carbonyl (C=O) groups excluding carboxylic acids is 1. The molecular formula is C17H19NO3S. The standard InChI is InChI=1S/C17H19NO3S/c1-3-20-16(19)17(9-6-10-17)21-14-11-15(22-2)18-13-8-5-4-7-12(13)14/h4-5,7-8,11H,3,6,9-10H2,1-2H3. The number of pyridine rings is 1. The number of hydrogen-bond acceptors (Lipinski definition) is 5. The molecule has 3 rings (SSSR count). The van der Waals surface area contributed by atoms with E-state index in [1.165, 1.54) is 0 Å². The van der Waals surface area contributed by atoms with Crippen LogP contribution in [0.3, 0.4) is 0 Å². The van der Waals surface area contributed by atoms with Gasteiger partial charge in [-0.3, -0.25) is 0 Å². The highest BCUT2D eigenvalue weighted by Gasteiger charge is 2.48. The van der Waals surface area contributed by atoms with Crippen molar-refractivity contribution in [3.05, 3.63) is 30.3 Å². The first-order valence-corrected chi connectivity index (χ1v) is 8.71. The number of carbonyl (C=O) groups is 1. The maximum atomic E-state index is 12.3. The van der Waals surface area contributed by atoms with Gasteiger partial charge in [-0.2, -0.15) is 0 Å². The number of thioether (sulfide) groups is 1. The highest BCUT2D eigenvalue weighted by Crippen LogP contribution is 2.40. The molecule has 0 bridgehead atoms. The Morgan fingerprint density at radius 2 is 2.14 bits per heavy atom. The van der Waals surface area contributed by atoms with E-state index in [0.717, 1.165) is 22.3 Å². The minimum Gasteiger partial charge on any atom is -0.475 e. The van der Waals surface area contributed by atoms with Crippen molar-refractivity contribution >= 4 is 28.6 Å². The van der Waals surface area contributed by atoms with Crippen LogP contribution >= 0.6 is 11.8 Å². The third kappa shape index (κ3) is 2.65. The Morgan fingerprint density at radius 3 is 2.77 bits per heavy atom. The van der Waals surface area contributed by atoms with Gasteiger partial charge in [0.15, 0.2) is 0 Å². The zero-order chi connectivity index (χ0) is 15.6. The molecule has 1 aliphatic rings. The third-order valence-electron chi connectivity index (χ3n) is 3.98. The minimum absolute atomic E-state index is 0.257. The van der Waals surface area contributed by atoms with Crippen molar-refractivity contribution in [2.45, 2.75) is 36.8 Å². The Morgan fingerprint density at radius 1 is 1.36 bits per heavy atom. The number of ether oxygens (including phenoxy) is 2. The van der Waals surface area contributed by atoms with E-state index in [-0.39, 0.29) is 5.97 Å². The zero-order valence-electron chi connectivity index (χ0n) is 12.8. The first-order valence-electron chi connectivity index (χ1n) is 7.48. The first-order chi connectivity index (χ1) is 10.7. The largest absolute Gasteiger partial charge is 0.475 e. The Labute approximate surface area is 134 Å². The van der Waals surface area contributed by atoms with Crippen molar-refractivity contribution in [3.63, 3.8) is 0 Å². The van der Waals surface area contributed by atoms with Gasteiger partial charge in [-0.25, -0.2) is 9.78 Å². The normalized spacial score (nSPS) is 16.1. The van der Waals surface area contributed by atoms with Crippen LogP contribution < -0.4 is 4.74 Å². The molecule has 0 amide bonds. The van der Waals surface area contributed by atoms with Crippen LogP contribution in [0, 0.1) is 0 Å². The number of aromatic nitrogens is 1. The van der Waals surface area contributed by atoms with Gasteiger partial charge in [0.1, 0.15) is 10.8 Å². The predicted octanol–water partition coefficient (Wildman–Crippen LogP) is 3.82. The van der Waals surface area contributed by atoms with Crippen LogP contribution in [0.2, 0.25) is 0 Å². The quantitative estimate of drug-likeness (QED) is 0.620. The fourth-order valence-corrected chi connectivity index (χ4v) is 3.04. The summed E-state index contributed by atoms with van der Waals surface area (Å²) in [5.41, 5.74) is 0.0539. The molecule has 4 nitrogen and oxygen atoms in total. The van der Waals surface area contributed by atoms with Gasteiger partial charge in [-0.05, 0) is 44.6 Å². The number of para-hydroxylation sites is 1. The Kier molecular flexibility index (Phi) is 4.25. The number of nitrogens with zero attached hydrogens (tertiary/aromatic N) is 1. The van der Waals surface area contributed by atoms with Gasteiger partial charge < -0.3 is 9.47 Å². The van der Waals surface area contributed by atoms with Crippen molar-refractivity contribution in [2.75, 3.05) is 12.9 Å². The Balaban J connectivity index is 2.00. The maximum absolute atomic E-state index is 12.3. The molecule has 0 aliphatic heterocycles. The maximum Gasteiger partial charge on any atom is 0.350 e. The Bertz CT molecular complexity index is 697. The molecule has 1 aromatic carbocycles. The molecule has 1 aliphatic carbocycles. The fourth-order valence-electron chi connectivity index (χ4n) is 2.63. The molecule has 1 saturated carbocycles. The molecular weight excluding hydrogens is 298 g/mol. The van der Waals surface area contributed by atoms with Crippen molar-refractivity contribution in [3.8, 4) is 5.75 Å². The number of hydrogen-bond donors (Lipinski definition) is 0. The van der Waals surface area contributed by atoms with Gasteiger partial charge in [-0.15, -0.1) is 11.8 Å². The lowest BCUT2D eigenvalue weighted by Gasteiger charge is -2.39. The highest BCUT2D eigenvalue weighted by atomic mass is 32.2. The second-order valence-electron chi connectivity index (χ2n) is 5.35.